The van der Waals surface area contributed by atoms with Gasteiger partial charge in [0, 0.05) is 56.1 Å². The second-order valence-corrected chi connectivity index (χ2v) is 8.76. The predicted molar refractivity (Wildman–Crippen MR) is 133 cm³/mol. The number of pyridine rings is 1. The molecule has 1 aliphatic heterocycles. The summed E-state index contributed by atoms with van der Waals surface area (Å²) in [6, 6.07) is 9.51. The van der Waals surface area contributed by atoms with Gasteiger partial charge in [-0.1, -0.05) is 29.3 Å². The average molecular weight is 472 g/mol. The van der Waals surface area contributed by atoms with Gasteiger partial charge in [-0.3, -0.25) is 0 Å². The molecule has 1 fully saturated rings. The smallest absolute Gasteiger partial charge is 0.223 e. The van der Waals surface area contributed by atoms with Crippen LogP contribution >= 0.6 is 23.2 Å². The molecule has 32 heavy (non-hydrogen) atoms. The first-order chi connectivity index (χ1) is 15.5. The van der Waals surface area contributed by atoms with E-state index in [0.717, 1.165) is 54.5 Å². The summed E-state index contributed by atoms with van der Waals surface area (Å²) in [4.78, 5) is 18.4. The van der Waals surface area contributed by atoms with Crippen LogP contribution in [0, 0.1) is 6.92 Å². The summed E-state index contributed by atoms with van der Waals surface area (Å²) in [6.45, 7) is 7.18. The van der Waals surface area contributed by atoms with Gasteiger partial charge in [-0.15, -0.1) is 0 Å². The zero-order valence-electron chi connectivity index (χ0n) is 18.3. The van der Waals surface area contributed by atoms with Gasteiger partial charge in [0.05, 0.1) is 16.9 Å². The molecule has 0 spiro atoms. The molecule has 0 aliphatic carbocycles. The van der Waals surface area contributed by atoms with Crippen LogP contribution < -0.4 is 15.5 Å². The fourth-order valence-electron chi connectivity index (χ4n) is 3.56. The zero-order valence-corrected chi connectivity index (χ0v) is 19.8. The standard InChI is InChI=1S/C23H27Cl2N7/c1-16-3-6-21(28-14-16)26-7-8-27-23-29-15-20(32-11-9-31(2)10-12-32)22(30-23)18-5-4-17(24)13-19(18)25/h3-6,13-15H,7-12H2,1-2H3,(H,26,28)(H,27,29,30). The van der Waals surface area contributed by atoms with Crippen LogP contribution in [0.4, 0.5) is 17.5 Å². The Morgan fingerprint density at radius 2 is 1.72 bits per heavy atom. The minimum atomic E-state index is 0.558. The molecule has 0 amide bonds. The third kappa shape index (κ3) is 5.59. The van der Waals surface area contributed by atoms with E-state index in [1.807, 2.05) is 43.6 Å². The predicted octanol–water partition coefficient (Wildman–Crippen LogP) is 4.43. The number of nitrogens with one attached hydrogen (secondary N) is 2. The normalized spacial score (nSPS) is 14.4. The number of hydrogen-bond acceptors (Lipinski definition) is 7. The van der Waals surface area contributed by atoms with Crippen molar-refractivity contribution in [2.45, 2.75) is 6.92 Å². The van der Waals surface area contributed by atoms with Crippen LogP contribution in [0.2, 0.25) is 10.0 Å². The lowest BCUT2D eigenvalue weighted by Gasteiger charge is -2.34. The summed E-state index contributed by atoms with van der Waals surface area (Å²) < 4.78 is 0. The van der Waals surface area contributed by atoms with Gasteiger partial charge in [-0.05, 0) is 43.8 Å². The average Bonchev–Trinajstić information content (AvgIpc) is 2.79. The fraction of sp³-hybridized carbons (Fsp3) is 0.348. The number of hydrogen-bond donors (Lipinski definition) is 2. The lowest BCUT2D eigenvalue weighted by Crippen LogP contribution is -2.44. The van der Waals surface area contributed by atoms with Crippen LogP contribution in [-0.4, -0.2) is 66.2 Å². The highest BCUT2D eigenvalue weighted by atomic mass is 35.5. The van der Waals surface area contributed by atoms with Gasteiger partial charge < -0.3 is 20.4 Å². The number of aryl methyl sites for hydroxylation is 1. The Kier molecular flexibility index (Phi) is 7.29. The number of benzene rings is 1. The number of anilines is 3. The summed E-state index contributed by atoms with van der Waals surface area (Å²) in [5, 5.41) is 7.76. The van der Waals surface area contributed by atoms with E-state index in [4.69, 9.17) is 28.2 Å². The molecule has 3 aromatic rings. The highest BCUT2D eigenvalue weighted by Gasteiger charge is 2.21. The first-order valence-corrected chi connectivity index (χ1v) is 11.4. The number of rotatable bonds is 7. The molecule has 0 bridgehead atoms. The largest absolute Gasteiger partial charge is 0.368 e. The third-order valence-electron chi connectivity index (χ3n) is 5.43. The molecule has 7 nitrogen and oxygen atoms in total. The summed E-state index contributed by atoms with van der Waals surface area (Å²) >= 11 is 12.7. The number of likely N-dealkylation sites (N-methyl/N-ethyl adjacent to an activating group) is 1. The molecule has 0 unspecified atom stereocenters. The van der Waals surface area contributed by atoms with Gasteiger partial charge in [0.1, 0.15) is 11.5 Å². The van der Waals surface area contributed by atoms with E-state index in [1.165, 1.54) is 0 Å². The summed E-state index contributed by atoms with van der Waals surface area (Å²) in [5.74, 6) is 1.40. The van der Waals surface area contributed by atoms with Gasteiger partial charge >= 0.3 is 0 Å². The van der Waals surface area contributed by atoms with Gasteiger partial charge in [0.15, 0.2) is 0 Å². The van der Waals surface area contributed by atoms with Crippen molar-refractivity contribution in [3.8, 4) is 11.3 Å². The van der Waals surface area contributed by atoms with Crippen LogP contribution in [0.25, 0.3) is 11.3 Å². The van der Waals surface area contributed by atoms with Crippen molar-refractivity contribution < 1.29 is 0 Å². The molecular weight excluding hydrogens is 445 g/mol. The van der Waals surface area contributed by atoms with E-state index in [1.54, 1.807) is 6.07 Å². The van der Waals surface area contributed by atoms with Crippen molar-refractivity contribution in [2.24, 2.45) is 0 Å². The molecule has 0 saturated carbocycles. The molecule has 2 N–H and O–H groups in total. The van der Waals surface area contributed by atoms with Crippen molar-refractivity contribution in [2.75, 3.05) is 61.8 Å². The maximum atomic E-state index is 6.55. The summed E-state index contributed by atoms with van der Waals surface area (Å²) in [6.07, 6.45) is 3.73. The molecular formula is C23H27Cl2N7. The van der Waals surface area contributed by atoms with E-state index in [0.29, 0.717) is 29.1 Å². The lowest BCUT2D eigenvalue weighted by molar-refractivity contribution is 0.313. The van der Waals surface area contributed by atoms with Gasteiger partial charge in [0.2, 0.25) is 5.95 Å². The minimum Gasteiger partial charge on any atom is -0.368 e. The molecule has 4 rings (SSSR count). The molecule has 1 aliphatic rings. The number of aromatic nitrogens is 3. The van der Waals surface area contributed by atoms with Gasteiger partial charge in [0.25, 0.3) is 0 Å². The van der Waals surface area contributed by atoms with E-state index >= 15 is 0 Å². The number of halogens is 2. The summed E-state index contributed by atoms with van der Waals surface area (Å²) in [5.41, 5.74) is 3.77. The van der Waals surface area contributed by atoms with E-state index in [9.17, 15) is 0 Å². The quantitative estimate of drug-likeness (QED) is 0.493. The third-order valence-corrected chi connectivity index (χ3v) is 5.97. The number of nitrogens with zero attached hydrogens (tertiary/aromatic N) is 5. The second-order valence-electron chi connectivity index (χ2n) is 7.92. The molecule has 1 aromatic carbocycles. The van der Waals surface area contributed by atoms with E-state index in [2.05, 4.69) is 37.4 Å². The second kappa shape index (κ2) is 10.3. The Bertz CT molecular complexity index is 1050. The van der Waals surface area contributed by atoms with Gasteiger partial charge in [-0.2, -0.15) is 0 Å². The monoisotopic (exact) mass is 471 g/mol. The molecule has 9 heteroatoms. The number of piperazine rings is 1. The van der Waals surface area contributed by atoms with Crippen LogP contribution in [-0.2, 0) is 0 Å². The highest BCUT2D eigenvalue weighted by molar-refractivity contribution is 6.36. The molecule has 0 atom stereocenters. The SMILES string of the molecule is Cc1ccc(NCCNc2ncc(N3CCN(C)CC3)c(-c3ccc(Cl)cc3Cl)n2)nc1. The molecule has 3 heterocycles. The lowest BCUT2D eigenvalue weighted by atomic mass is 10.1. The van der Waals surface area contributed by atoms with E-state index < -0.39 is 0 Å². The van der Waals surface area contributed by atoms with Crippen molar-refractivity contribution >= 4 is 40.7 Å². The van der Waals surface area contributed by atoms with Crippen LogP contribution in [0.5, 0.6) is 0 Å². The molecule has 0 radical (unpaired) electrons. The Morgan fingerprint density at radius 1 is 0.938 bits per heavy atom. The molecule has 168 valence electrons. The van der Waals surface area contributed by atoms with Crippen LogP contribution in [0.15, 0.2) is 42.7 Å². The van der Waals surface area contributed by atoms with Crippen molar-refractivity contribution in [3.63, 3.8) is 0 Å². The van der Waals surface area contributed by atoms with Crippen LogP contribution in [0.3, 0.4) is 0 Å². The Morgan fingerprint density at radius 3 is 2.44 bits per heavy atom. The first kappa shape index (κ1) is 22.6. The molecule has 2 aromatic heterocycles. The van der Waals surface area contributed by atoms with Gasteiger partial charge in [-0.25, -0.2) is 15.0 Å². The first-order valence-electron chi connectivity index (χ1n) is 10.7. The Balaban J connectivity index is 1.51. The highest BCUT2D eigenvalue weighted by Crippen LogP contribution is 2.35. The Labute approximate surface area is 198 Å². The van der Waals surface area contributed by atoms with Crippen LogP contribution in [0.1, 0.15) is 5.56 Å². The van der Waals surface area contributed by atoms with Crippen molar-refractivity contribution in [3.05, 3.63) is 58.3 Å². The molecule has 1 saturated heterocycles. The van der Waals surface area contributed by atoms with Crippen molar-refractivity contribution in [1.29, 1.82) is 0 Å². The minimum absolute atomic E-state index is 0.558. The zero-order chi connectivity index (χ0) is 22.5. The maximum absolute atomic E-state index is 6.55. The maximum Gasteiger partial charge on any atom is 0.223 e. The summed E-state index contributed by atoms with van der Waals surface area (Å²) in [7, 11) is 2.14. The fourth-order valence-corrected chi connectivity index (χ4v) is 4.05. The Hall–Kier alpha value is -2.61. The van der Waals surface area contributed by atoms with E-state index in [-0.39, 0.29) is 0 Å². The topological polar surface area (TPSA) is 69.2 Å². The van der Waals surface area contributed by atoms with Crippen molar-refractivity contribution in [1.82, 2.24) is 19.9 Å².